The summed E-state index contributed by atoms with van der Waals surface area (Å²) in [5.74, 6) is 0.133. The Morgan fingerprint density at radius 3 is 2.60 bits per heavy atom. The lowest BCUT2D eigenvalue weighted by Gasteiger charge is -2.24. The van der Waals surface area contributed by atoms with Crippen molar-refractivity contribution in [3.63, 3.8) is 0 Å². The van der Waals surface area contributed by atoms with Gasteiger partial charge in [0.2, 0.25) is 0 Å². The van der Waals surface area contributed by atoms with Gasteiger partial charge in [0.1, 0.15) is 11.6 Å². The van der Waals surface area contributed by atoms with Gasteiger partial charge in [-0.25, -0.2) is 4.39 Å². The first-order chi connectivity index (χ1) is 9.65. The number of halogens is 1. The van der Waals surface area contributed by atoms with Crippen molar-refractivity contribution < 1.29 is 9.13 Å². The summed E-state index contributed by atoms with van der Waals surface area (Å²) in [7, 11) is 1.52. The smallest absolute Gasteiger partial charge is 0.148 e. The van der Waals surface area contributed by atoms with Gasteiger partial charge in [-0.3, -0.25) is 4.98 Å². The Morgan fingerprint density at radius 2 is 2.00 bits per heavy atom. The molecule has 2 rings (SSSR count). The van der Waals surface area contributed by atoms with E-state index in [9.17, 15) is 4.39 Å². The molecule has 0 fully saturated rings. The number of ether oxygens (including phenoxy) is 1. The summed E-state index contributed by atoms with van der Waals surface area (Å²) in [5, 5.41) is 0. The van der Waals surface area contributed by atoms with Crippen LogP contribution in [0.2, 0.25) is 0 Å². The maximum absolute atomic E-state index is 14.1. The van der Waals surface area contributed by atoms with E-state index in [1.165, 1.54) is 13.2 Å². The second-order valence-electron chi connectivity index (χ2n) is 4.42. The quantitative estimate of drug-likeness (QED) is 0.852. The fourth-order valence-electron chi connectivity index (χ4n) is 2.05. The SMILES string of the molecule is CCN(Cc1ccncc1)c1cc(OC)c(N)cc1F. The van der Waals surface area contributed by atoms with Gasteiger partial charge in [0.05, 0.1) is 18.5 Å². The molecule has 0 unspecified atom stereocenters. The number of methoxy groups -OCH3 is 1. The Morgan fingerprint density at radius 1 is 1.30 bits per heavy atom. The van der Waals surface area contributed by atoms with E-state index in [4.69, 9.17) is 10.5 Å². The third-order valence-corrected chi connectivity index (χ3v) is 3.14. The average Bonchev–Trinajstić information content (AvgIpc) is 2.46. The number of hydrogen-bond donors (Lipinski definition) is 1. The highest BCUT2D eigenvalue weighted by Crippen LogP contribution is 2.31. The van der Waals surface area contributed by atoms with Crippen molar-refractivity contribution in [3.05, 3.63) is 48.0 Å². The average molecular weight is 275 g/mol. The van der Waals surface area contributed by atoms with Crippen LogP contribution in [0.4, 0.5) is 15.8 Å². The molecule has 0 saturated heterocycles. The van der Waals surface area contributed by atoms with E-state index < -0.39 is 0 Å². The highest BCUT2D eigenvalue weighted by Gasteiger charge is 2.14. The van der Waals surface area contributed by atoms with Crippen molar-refractivity contribution in [2.24, 2.45) is 0 Å². The first kappa shape index (κ1) is 14.1. The third kappa shape index (κ3) is 2.99. The molecule has 106 valence electrons. The molecule has 1 aromatic carbocycles. The number of rotatable bonds is 5. The highest BCUT2D eigenvalue weighted by atomic mass is 19.1. The molecule has 0 saturated carbocycles. The number of benzene rings is 1. The zero-order chi connectivity index (χ0) is 14.5. The zero-order valence-electron chi connectivity index (χ0n) is 11.6. The van der Waals surface area contributed by atoms with Crippen LogP contribution in [-0.2, 0) is 6.54 Å². The van der Waals surface area contributed by atoms with Gasteiger partial charge >= 0.3 is 0 Å². The molecule has 0 aliphatic rings. The number of hydrogen-bond acceptors (Lipinski definition) is 4. The molecule has 0 spiro atoms. The monoisotopic (exact) mass is 275 g/mol. The lowest BCUT2D eigenvalue weighted by Crippen LogP contribution is -2.23. The molecule has 1 aromatic heterocycles. The molecule has 0 radical (unpaired) electrons. The van der Waals surface area contributed by atoms with E-state index in [1.54, 1.807) is 18.5 Å². The minimum absolute atomic E-state index is 0.300. The predicted octanol–water partition coefficient (Wildman–Crippen LogP) is 2.84. The molecule has 2 aromatic rings. The highest BCUT2D eigenvalue weighted by molar-refractivity contribution is 5.63. The number of aromatic nitrogens is 1. The van der Waals surface area contributed by atoms with Crippen molar-refractivity contribution in [1.82, 2.24) is 4.98 Å². The first-order valence-corrected chi connectivity index (χ1v) is 6.42. The first-order valence-electron chi connectivity index (χ1n) is 6.42. The number of nitrogens with two attached hydrogens (primary N) is 1. The molecular weight excluding hydrogens is 257 g/mol. The standard InChI is InChI=1S/C15H18FN3O/c1-3-19(10-11-4-6-18-7-5-11)14-9-15(20-2)13(17)8-12(14)16/h4-9H,3,10,17H2,1-2H3. The molecule has 4 nitrogen and oxygen atoms in total. The van der Waals surface area contributed by atoms with Crippen LogP contribution in [0.5, 0.6) is 5.75 Å². The van der Waals surface area contributed by atoms with Gasteiger partial charge in [0.25, 0.3) is 0 Å². The van der Waals surface area contributed by atoms with Crippen LogP contribution in [0, 0.1) is 5.82 Å². The van der Waals surface area contributed by atoms with E-state index in [-0.39, 0.29) is 5.82 Å². The number of nitrogen functional groups attached to an aromatic ring is 1. The van der Waals surface area contributed by atoms with E-state index in [0.717, 1.165) is 5.56 Å². The number of anilines is 2. The molecule has 2 N–H and O–H groups in total. The van der Waals surface area contributed by atoms with Crippen molar-refractivity contribution in [3.8, 4) is 5.75 Å². The van der Waals surface area contributed by atoms with E-state index in [0.29, 0.717) is 30.2 Å². The van der Waals surface area contributed by atoms with Crippen molar-refractivity contribution >= 4 is 11.4 Å². The van der Waals surface area contributed by atoms with Gasteiger partial charge < -0.3 is 15.4 Å². The van der Waals surface area contributed by atoms with E-state index in [1.807, 2.05) is 24.0 Å². The molecule has 20 heavy (non-hydrogen) atoms. The van der Waals surface area contributed by atoms with Crippen LogP contribution in [0.1, 0.15) is 12.5 Å². The minimum atomic E-state index is -0.348. The second-order valence-corrected chi connectivity index (χ2v) is 4.42. The van der Waals surface area contributed by atoms with Gasteiger partial charge in [0.15, 0.2) is 0 Å². The fourth-order valence-corrected chi connectivity index (χ4v) is 2.05. The summed E-state index contributed by atoms with van der Waals surface area (Å²) in [6.07, 6.45) is 3.45. The molecule has 1 heterocycles. The Labute approximate surface area is 118 Å². The molecule has 0 aliphatic carbocycles. The molecule has 0 atom stereocenters. The maximum atomic E-state index is 14.1. The molecule has 0 aliphatic heterocycles. The second kappa shape index (κ2) is 6.23. The van der Waals surface area contributed by atoms with Gasteiger partial charge in [-0.05, 0) is 24.6 Å². The van der Waals surface area contributed by atoms with Crippen LogP contribution in [0.15, 0.2) is 36.7 Å². The van der Waals surface area contributed by atoms with Gasteiger partial charge in [-0.15, -0.1) is 0 Å². The number of nitrogens with zero attached hydrogens (tertiary/aromatic N) is 2. The van der Waals surface area contributed by atoms with Crippen LogP contribution < -0.4 is 15.4 Å². The fraction of sp³-hybridized carbons (Fsp3) is 0.267. The Hall–Kier alpha value is -2.30. The van der Waals surface area contributed by atoms with Crippen LogP contribution >= 0.6 is 0 Å². The van der Waals surface area contributed by atoms with Crippen molar-refractivity contribution in [2.45, 2.75) is 13.5 Å². The largest absolute Gasteiger partial charge is 0.495 e. The molecular formula is C15H18FN3O. The van der Waals surface area contributed by atoms with Gasteiger partial charge in [-0.1, -0.05) is 0 Å². The number of pyridine rings is 1. The van der Waals surface area contributed by atoms with E-state index in [2.05, 4.69) is 4.98 Å². The summed E-state index contributed by atoms with van der Waals surface area (Å²) >= 11 is 0. The van der Waals surface area contributed by atoms with Crippen molar-refractivity contribution in [2.75, 3.05) is 24.3 Å². The van der Waals surface area contributed by atoms with Crippen molar-refractivity contribution in [1.29, 1.82) is 0 Å². The van der Waals surface area contributed by atoms with Crippen LogP contribution in [0.3, 0.4) is 0 Å². The summed E-state index contributed by atoms with van der Waals surface area (Å²) in [6, 6.07) is 6.75. The molecule has 0 bridgehead atoms. The maximum Gasteiger partial charge on any atom is 0.148 e. The zero-order valence-corrected chi connectivity index (χ0v) is 11.6. The molecule has 0 amide bonds. The summed E-state index contributed by atoms with van der Waals surface area (Å²) in [5.41, 5.74) is 7.55. The van der Waals surface area contributed by atoms with Crippen LogP contribution in [-0.4, -0.2) is 18.6 Å². The summed E-state index contributed by atoms with van der Waals surface area (Å²) in [6.45, 7) is 3.25. The normalized spacial score (nSPS) is 10.3. The minimum Gasteiger partial charge on any atom is -0.495 e. The Balaban J connectivity index is 2.32. The summed E-state index contributed by atoms with van der Waals surface area (Å²) < 4.78 is 19.3. The topological polar surface area (TPSA) is 51.4 Å². The third-order valence-electron chi connectivity index (χ3n) is 3.14. The van der Waals surface area contributed by atoms with E-state index >= 15 is 0 Å². The Kier molecular flexibility index (Phi) is 4.40. The molecule has 5 heteroatoms. The summed E-state index contributed by atoms with van der Waals surface area (Å²) in [4.78, 5) is 5.90. The van der Waals surface area contributed by atoms with Gasteiger partial charge in [0, 0.05) is 37.6 Å². The lowest BCUT2D eigenvalue weighted by atomic mass is 10.2. The Bertz CT molecular complexity index is 575. The lowest BCUT2D eigenvalue weighted by molar-refractivity contribution is 0.416. The van der Waals surface area contributed by atoms with Gasteiger partial charge in [-0.2, -0.15) is 0 Å². The predicted molar refractivity (Wildman–Crippen MR) is 78.3 cm³/mol. The van der Waals surface area contributed by atoms with Crippen LogP contribution in [0.25, 0.3) is 0 Å².